The smallest absolute Gasteiger partial charge is 0.0868 e. The Bertz CT molecular complexity index is 248. The maximum Gasteiger partial charge on any atom is 0.0868 e. The van der Waals surface area contributed by atoms with Crippen molar-refractivity contribution in [3.8, 4) is 0 Å². The molecule has 0 spiro atoms. The van der Waals surface area contributed by atoms with Gasteiger partial charge in [0.2, 0.25) is 0 Å². The molecule has 0 bridgehead atoms. The zero-order chi connectivity index (χ0) is 9.19. The van der Waals surface area contributed by atoms with Gasteiger partial charge in [-0.2, -0.15) is 0 Å². The van der Waals surface area contributed by atoms with Gasteiger partial charge in [-0.3, -0.25) is 9.97 Å². The Labute approximate surface area is 72.5 Å². The summed E-state index contributed by atoms with van der Waals surface area (Å²) in [5, 5.41) is 8.73. The first-order valence-electron chi connectivity index (χ1n) is 3.96. The van der Waals surface area contributed by atoms with Crippen molar-refractivity contribution in [2.75, 3.05) is 0 Å². The molecule has 0 aromatic carbocycles. The average molecular weight is 166 g/mol. The fourth-order valence-corrected chi connectivity index (χ4v) is 0.824. The van der Waals surface area contributed by atoms with Crippen LogP contribution in [0.15, 0.2) is 12.4 Å². The van der Waals surface area contributed by atoms with Crippen LogP contribution in [0, 0.1) is 0 Å². The molecule has 1 aromatic rings. The summed E-state index contributed by atoms with van der Waals surface area (Å²) in [7, 11) is 0. The maximum atomic E-state index is 8.73. The van der Waals surface area contributed by atoms with Crippen LogP contribution >= 0.6 is 0 Å². The monoisotopic (exact) mass is 166 g/mol. The molecule has 0 fully saturated rings. The van der Waals surface area contributed by atoms with Gasteiger partial charge in [0, 0.05) is 11.6 Å². The predicted octanol–water partition coefficient (Wildman–Crippen LogP) is 1.27. The first-order chi connectivity index (χ1) is 5.54. The molecule has 0 aliphatic rings. The third-order valence-electron chi connectivity index (χ3n) is 1.64. The van der Waals surface area contributed by atoms with Crippen LogP contribution in [-0.4, -0.2) is 15.1 Å². The highest BCUT2D eigenvalue weighted by Crippen LogP contribution is 2.18. The molecular weight excluding hydrogens is 152 g/mol. The minimum Gasteiger partial charge on any atom is -0.390 e. The highest BCUT2D eigenvalue weighted by atomic mass is 16.3. The van der Waals surface area contributed by atoms with Crippen LogP contribution in [0.2, 0.25) is 0 Å². The number of aliphatic hydroxyl groups is 1. The number of aliphatic hydroxyl groups excluding tert-OH is 1. The van der Waals surface area contributed by atoms with Crippen molar-refractivity contribution in [1.29, 1.82) is 0 Å². The van der Waals surface area contributed by atoms with Crippen molar-refractivity contribution >= 4 is 0 Å². The lowest BCUT2D eigenvalue weighted by Crippen LogP contribution is -2.14. The van der Waals surface area contributed by atoms with Gasteiger partial charge in [0.05, 0.1) is 24.2 Å². The Morgan fingerprint density at radius 1 is 1.25 bits per heavy atom. The van der Waals surface area contributed by atoms with Gasteiger partial charge in [0.1, 0.15) is 0 Å². The Kier molecular flexibility index (Phi) is 2.43. The summed E-state index contributed by atoms with van der Waals surface area (Å²) < 4.78 is 0. The maximum absolute atomic E-state index is 8.73. The van der Waals surface area contributed by atoms with E-state index in [1.807, 2.05) is 0 Å². The lowest BCUT2D eigenvalue weighted by Gasteiger charge is -2.16. The second-order valence-corrected chi connectivity index (χ2v) is 3.80. The van der Waals surface area contributed by atoms with Crippen LogP contribution in [0.4, 0.5) is 0 Å². The fraction of sp³-hybridized carbons (Fsp3) is 0.556. The van der Waals surface area contributed by atoms with Crippen LogP contribution in [0.5, 0.6) is 0 Å². The highest BCUT2D eigenvalue weighted by Gasteiger charge is 2.14. The summed E-state index contributed by atoms with van der Waals surface area (Å²) in [4.78, 5) is 8.25. The van der Waals surface area contributed by atoms with Crippen molar-refractivity contribution < 1.29 is 5.11 Å². The van der Waals surface area contributed by atoms with Crippen molar-refractivity contribution in [3.63, 3.8) is 0 Å². The molecule has 3 nitrogen and oxygen atoms in total. The topological polar surface area (TPSA) is 46.0 Å². The van der Waals surface area contributed by atoms with E-state index >= 15 is 0 Å². The molecule has 1 N–H and O–H groups in total. The van der Waals surface area contributed by atoms with Gasteiger partial charge in [0.25, 0.3) is 0 Å². The quantitative estimate of drug-likeness (QED) is 0.683. The molecule has 1 aromatic heterocycles. The third-order valence-corrected chi connectivity index (χ3v) is 1.64. The zero-order valence-electron chi connectivity index (χ0n) is 7.70. The van der Waals surface area contributed by atoms with Gasteiger partial charge < -0.3 is 5.11 Å². The Morgan fingerprint density at radius 3 is 2.25 bits per heavy atom. The van der Waals surface area contributed by atoms with Gasteiger partial charge in [-0.25, -0.2) is 0 Å². The average Bonchev–Trinajstić information content (AvgIpc) is 2.03. The van der Waals surface area contributed by atoms with E-state index in [-0.39, 0.29) is 12.0 Å². The Hall–Kier alpha value is -0.960. The number of hydrogen-bond donors (Lipinski definition) is 1. The van der Waals surface area contributed by atoms with Crippen LogP contribution in [0.3, 0.4) is 0 Å². The number of rotatable bonds is 1. The molecule has 0 aliphatic carbocycles. The van der Waals surface area contributed by atoms with Crippen molar-refractivity contribution in [2.24, 2.45) is 0 Å². The molecule has 0 amide bonds. The van der Waals surface area contributed by atoms with Crippen LogP contribution in [0.25, 0.3) is 0 Å². The van der Waals surface area contributed by atoms with Crippen LogP contribution < -0.4 is 0 Å². The molecule has 0 saturated heterocycles. The molecular formula is C9H14N2O. The van der Waals surface area contributed by atoms with Crippen LogP contribution in [-0.2, 0) is 12.0 Å². The summed E-state index contributed by atoms with van der Waals surface area (Å²) in [5.41, 5.74) is 1.59. The Balaban J connectivity index is 2.93. The Morgan fingerprint density at radius 2 is 1.92 bits per heavy atom. The minimum atomic E-state index is -0.0442. The molecule has 0 aliphatic heterocycles. The first-order valence-corrected chi connectivity index (χ1v) is 3.96. The lowest BCUT2D eigenvalue weighted by molar-refractivity contribution is 0.276. The van der Waals surface area contributed by atoms with E-state index in [9.17, 15) is 0 Å². The van der Waals surface area contributed by atoms with Gasteiger partial charge in [-0.1, -0.05) is 20.8 Å². The molecule has 0 atom stereocenters. The zero-order valence-corrected chi connectivity index (χ0v) is 7.70. The van der Waals surface area contributed by atoms with E-state index in [0.717, 1.165) is 5.69 Å². The van der Waals surface area contributed by atoms with Crippen molar-refractivity contribution in [1.82, 2.24) is 9.97 Å². The SMILES string of the molecule is CC(C)(C)c1cnc(CO)cn1. The molecule has 0 saturated carbocycles. The second-order valence-electron chi connectivity index (χ2n) is 3.80. The second kappa shape index (κ2) is 3.19. The molecule has 1 rings (SSSR count). The number of aromatic nitrogens is 2. The summed E-state index contributed by atoms with van der Waals surface area (Å²) in [6, 6.07) is 0. The fourth-order valence-electron chi connectivity index (χ4n) is 0.824. The summed E-state index contributed by atoms with van der Waals surface area (Å²) in [6.07, 6.45) is 3.33. The first kappa shape index (κ1) is 9.13. The summed E-state index contributed by atoms with van der Waals surface area (Å²) in [5.74, 6) is 0. The molecule has 66 valence electrons. The lowest BCUT2D eigenvalue weighted by atomic mass is 9.93. The summed E-state index contributed by atoms with van der Waals surface area (Å²) >= 11 is 0. The van der Waals surface area contributed by atoms with Crippen molar-refractivity contribution in [3.05, 3.63) is 23.8 Å². The van der Waals surface area contributed by atoms with Gasteiger partial charge in [-0.05, 0) is 0 Å². The minimum absolute atomic E-state index is 0.0288. The van der Waals surface area contributed by atoms with Crippen molar-refractivity contribution in [2.45, 2.75) is 32.8 Å². The standard InChI is InChI=1S/C9H14N2O/c1-9(2,3)8-5-10-7(6-12)4-11-8/h4-5,12H,6H2,1-3H3. The molecule has 1 heterocycles. The largest absolute Gasteiger partial charge is 0.390 e. The van der Waals surface area contributed by atoms with E-state index in [0.29, 0.717) is 5.69 Å². The normalized spacial score (nSPS) is 11.7. The van der Waals surface area contributed by atoms with E-state index in [4.69, 9.17) is 5.11 Å². The van der Waals surface area contributed by atoms with E-state index < -0.39 is 0 Å². The highest BCUT2D eigenvalue weighted by molar-refractivity contribution is 5.10. The van der Waals surface area contributed by atoms with E-state index in [2.05, 4.69) is 30.7 Å². The predicted molar refractivity (Wildman–Crippen MR) is 46.7 cm³/mol. The van der Waals surface area contributed by atoms with Gasteiger partial charge in [0.15, 0.2) is 0 Å². The molecule has 3 heteroatoms. The molecule has 0 unspecified atom stereocenters. The molecule has 0 radical (unpaired) electrons. The van der Waals surface area contributed by atoms with Gasteiger partial charge >= 0.3 is 0 Å². The third kappa shape index (κ3) is 2.01. The molecule has 12 heavy (non-hydrogen) atoms. The van der Waals surface area contributed by atoms with E-state index in [1.54, 1.807) is 12.4 Å². The van der Waals surface area contributed by atoms with Gasteiger partial charge in [-0.15, -0.1) is 0 Å². The van der Waals surface area contributed by atoms with Crippen LogP contribution in [0.1, 0.15) is 32.2 Å². The van der Waals surface area contributed by atoms with E-state index in [1.165, 1.54) is 0 Å². The summed E-state index contributed by atoms with van der Waals surface area (Å²) in [6.45, 7) is 6.19. The number of hydrogen-bond acceptors (Lipinski definition) is 3. The number of nitrogens with zero attached hydrogens (tertiary/aromatic N) is 2.